The van der Waals surface area contributed by atoms with Gasteiger partial charge in [-0.05, 0) is 13.8 Å². The third kappa shape index (κ3) is 99.3. The van der Waals surface area contributed by atoms with Crippen molar-refractivity contribution in [1.82, 2.24) is 0 Å². The Labute approximate surface area is 124 Å². The molecule has 0 aromatic carbocycles. The minimum atomic E-state index is -0.881. The van der Waals surface area contributed by atoms with E-state index in [0.717, 1.165) is 13.2 Å². The average molecular weight is 320 g/mol. The number of hydrogen-bond acceptors (Lipinski definition) is 7. The molecule has 0 spiro atoms. The summed E-state index contributed by atoms with van der Waals surface area (Å²) in [5.74, 6) is -1.93. The van der Waals surface area contributed by atoms with E-state index >= 15 is 0 Å². The molecule has 19 heavy (non-hydrogen) atoms. The van der Waals surface area contributed by atoms with Gasteiger partial charge in [-0.1, -0.05) is 0 Å². The predicted molar refractivity (Wildman–Crippen MR) is 79.3 cm³/mol. The minimum Gasteiger partial charge on any atom is -0.481 e. The molecule has 0 fully saturated rings. The Balaban J connectivity index is -0.0000000793. The van der Waals surface area contributed by atoms with Gasteiger partial charge in [-0.3, -0.25) is 9.59 Å². The van der Waals surface area contributed by atoms with Crippen molar-refractivity contribution in [2.45, 2.75) is 13.8 Å². The number of thiol groups is 2. The first-order chi connectivity index (χ1) is 8.87. The van der Waals surface area contributed by atoms with Gasteiger partial charge in [0.15, 0.2) is 0 Å². The standard InChI is InChI=1S/C4H10O.2C2H4O2S.C2H6O2/c1-3-5-4-2;2*3-2(4)1-5;3-1-2-4/h3-4H2,1-2H3;2*5H,1H2,(H,3,4);3-4H,1-2H2. The molecule has 0 aliphatic carbocycles. The molecule has 0 atom stereocenters. The van der Waals surface area contributed by atoms with Gasteiger partial charge < -0.3 is 25.2 Å². The second-order valence-electron chi connectivity index (χ2n) is 2.33. The summed E-state index contributed by atoms with van der Waals surface area (Å²) in [4.78, 5) is 18.6. The number of ether oxygens (including phenoxy) is 1. The first-order valence-electron chi connectivity index (χ1n) is 5.32. The van der Waals surface area contributed by atoms with Crippen LogP contribution in [0.1, 0.15) is 13.8 Å². The van der Waals surface area contributed by atoms with E-state index in [9.17, 15) is 9.59 Å². The fourth-order valence-electron chi connectivity index (χ4n) is 0.204. The molecule has 0 saturated carbocycles. The van der Waals surface area contributed by atoms with Crippen LogP contribution < -0.4 is 0 Å². The Morgan fingerprint density at radius 3 is 1.11 bits per heavy atom. The fourth-order valence-corrected chi connectivity index (χ4v) is 0.204. The van der Waals surface area contributed by atoms with Crippen LogP contribution in [-0.4, -0.2) is 70.3 Å². The summed E-state index contributed by atoms with van der Waals surface area (Å²) in [6, 6.07) is 0. The van der Waals surface area contributed by atoms with E-state index in [4.69, 9.17) is 25.2 Å². The number of carbonyl (C=O) groups is 2. The van der Waals surface area contributed by atoms with Crippen LogP contribution in [0, 0.1) is 0 Å². The van der Waals surface area contributed by atoms with Gasteiger partial charge in [0, 0.05) is 13.2 Å². The molecule has 0 aromatic rings. The molecule has 0 rings (SSSR count). The summed E-state index contributed by atoms with van der Waals surface area (Å²) in [7, 11) is 0. The highest BCUT2D eigenvalue weighted by atomic mass is 32.1. The predicted octanol–water partition coefficient (Wildman–Crippen LogP) is 0.0154. The molecule has 0 bridgehead atoms. The van der Waals surface area contributed by atoms with Gasteiger partial charge in [-0.2, -0.15) is 25.3 Å². The quantitative estimate of drug-likeness (QED) is 0.394. The Morgan fingerprint density at radius 1 is 0.895 bits per heavy atom. The average Bonchev–Trinajstić information content (AvgIpc) is 2.41. The molecule has 0 aliphatic heterocycles. The van der Waals surface area contributed by atoms with Gasteiger partial charge in [0.25, 0.3) is 0 Å². The second kappa shape index (κ2) is 30.5. The van der Waals surface area contributed by atoms with E-state index in [1.807, 2.05) is 13.8 Å². The number of aliphatic hydroxyl groups excluding tert-OH is 2. The fraction of sp³-hybridized carbons (Fsp3) is 0.800. The molecule has 0 heterocycles. The zero-order valence-electron chi connectivity index (χ0n) is 11.2. The summed E-state index contributed by atoms with van der Waals surface area (Å²) < 4.78 is 4.83. The van der Waals surface area contributed by atoms with Crippen LogP contribution in [0.2, 0.25) is 0 Å². The number of aliphatic hydroxyl groups is 2. The monoisotopic (exact) mass is 320 g/mol. The number of carboxylic acid groups (broad SMARTS) is 2. The summed E-state index contributed by atoms with van der Waals surface area (Å²) in [5.41, 5.74) is 0. The van der Waals surface area contributed by atoms with Gasteiger partial charge >= 0.3 is 11.9 Å². The molecule has 7 nitrogen and oxygen atoms in total. The van der Waals surface area contributed by atoms with Crippen LogP contribution in [0.15, 0.2) is 0 Å². The second-order valence-corrected chi connectivity index (χ2v) is 2.96. The number of hydrogen-bond donors (Lipinski definition) is 6. The third-order valence-corrected chi connectivity index (χ3v) is 1.32. The van der Waals surface area contributed by atoms with Gasteiger partial charge in [0.1, 0.15) is 0 Å². The van der Waals surface area contributed by atoms with Crippen molar-refractivity contribution >= 4 is 37.2 Å². The Bertz CT molecular complexity index is 161. The summed E-state index contributed by atoms with van der Waals surface area (Å²) >= 11 is 6.83. The van der Waals surface area contributed by atoms with Crippen LogP contribution in [-0.2, 0) is 14.3 Å². The summed E-state index contributed by atoms with van der Waals surface area (Å²) in [5, 5.41) is 30.5. The van der Waals surface area contributed by atoms with Crippen molar-refractivity contribution in [3.05, 3.63) is 0 Å². The normalized spacial score (nSPS) is 7.68. The molecule has 0 aromatic heterocycles. The molecule has 0 unspecified atom stereocenters. The molecular weight excluding hydrogens is 296 g/mol. The molecule has 4 N–H and O–H groups in total. The SMILES string of the molecule is CCOCC.O=C(O)CS.O=C(O)CS.OCCO. The summed E-state index contributed by atoms with van der Waals surface area (Å²) in [6.45, 7) is 5.42. The van der Waals surface area contributed by atoms with E-state index in [2.05, 4.69) is 25.3 Å². The van der Waals surface area contributed by atoms with Gasteiger partial charge in [-0.25, -0.2) is 0 Å². The molecule has 0 radical (unpaired) electrons. The van der Waals surface area contributed by atoms with Gasteiger partial charge in [0.05, 0.1) is 24.7 Å². The number of rotatable bonds is 5. The maximum atomic E-state index is 9.29. The van der Waals surface area contributed by atoms with Gasteiger partial charge in [0.2, 0.25) is 0 Å². The minimum absolute atomic E-state index is 0.0833. The highest BCUT2D eigenvalue weighted by Crippen LogP contribution is 1.67. The van der Waals surface area contributed by atoms with Crippen molar-refractivity contribution in [2.24, 2.45) is 0 Å². The molecule has 0 saturated heterocycles. The first kappa shape index (κ1) is 27.0. The largest absolute Gasteiger partial charge is 0.481 e. The van der Waals surface area contributed by atoms with Crippen molar-refractivity contribution < 1.29 is 34.8 Å². The van der Waals surface area contributed by atoms with Crippen LogP contribution in [0.3, 0.4) is 0 Å². The highest BCUT2D eigenvalue weighted by molar-refractivity contribution is 7.81. The van der Waals surface area contributed by atoms with E-state index in [1.54, 1.807) is 0 Å². The summed E-state index contributed by atoms with van der Waals surface area (Å²) in [6.07, 6.45) is 0. The topological polar surface area (TPSA) is 124 Å². The lowest BCUT2D eigenvalue weighted by Gasteiger charge is -1.86. The van der Waals surface area contributed by atoms with Gasteiger partial charge in [-0.15, -0.1) is 0 Å². The van der Waals surface area contributed by atoms with Crippen molar-refractivity contribution in [3.63, 3.8) is 0 Å². The first-order valence-corrected chi connectivity index (χ1v) is 6.58. The van der Waals surface area contributed by atoms with Crippen LogP contribution in [0.5, 0.6) is 0 Å². The zero-order valence-corrected chi connectivity index (χ0v) is 12.9. The van der Waals surface area contributed by atoms with E-state index in [1.165, 1.54) is 0 Å². The van der Waals surface area contributed by atoms with E-state index in [-0.39, 0.29) is 24.7 Å². The van der Waals surface area contributed by atoms with E-state index in [0.29, 0.717) is 0 Å². The maximum Gasteiger partial charge on any atom is 0.313 e. The lowest BCUT2D eigenvalue weighted by Crippen LogP contribution is -1.92. The molecule has 9 heteroatoms. The van der Waals surface area contributed by atoms with Crippen molar-refractivity contribution in [2.75, 3.05) is 37.9 Å². The van der Waals surface area contributed by atoms with Crippen molar-refractivity contribution in [3.8, 4) is 0 Å². The lowest BCUT2D eigenvalue weighted by atomic mass is 10.8. The number of carboxylic acids is 2. The lowest BCUT2D eigenvalue weighted by molar-refractivity contribution is -0.134. The molecule has 0 aliphatic rings. The maximum absolute atomic E-state index is 9.29. The Hall–Kier alpha value is -0.480. The van der Waals surface area contributed by atoms with Crippen LogP contribution in [0.4, 0.5) is 0 Å². The van der Waals surface area contributed by atoms with Crippen molar-refractivity contribution in [1.29, 1.82) is 0 Å². The Kier molecular flexibility index (Phi) is 43.3. The third-order valence-electron chi connectivity index (χ3n) is 0.779. The molecule has 0 amide bonds. The van der Waals surface area contributed by atoms with Crippen LogP contribution in [0.25, 0.3) is 0 Å². The smallest absolute Gasteiger partial charge is 0.313 e. The molecule has 118 valence electrons. The highest BCUT2D eigenvalue weighted by Gasteiger charge is 1.82. The number of aliphatic carboxylic acids is 2. The Morgan fingerprint density at radius 2 is 1.11 bits per heavy atom. The van der Waals surface area contributed by atoms with Crippen LogP contribution >= 0.6 is 25.3 Å². The van der Waals surface area contributed by atoms with E-state index < -0.39 is 11.9 Å². The molecular formula is C10H24O7S2. The zero-order chi connectivity index (χ0) is 16.1.